The van der Waals surface area contributed by atoms with Gasteiger partial charge in [-0.1, -0.05) is 53.9 Å². The molecule has 0 N–H and O–H groups in total. The maximum atomic E-state index is 13.3. The summed E-state index contributed by atoms with van der Waals surface area (Å²) in [5.41, 5.74) is 4.96. The molecule has 0 aliphatic heterocycles. The summed E-state index contributed by atoms with van der Waals surface area (Å²) < 4.78 is 18.9. The Morgan fingerprint density at radius 1 is 1.07 bits per heavy atom. The molecule has 0 saturated heterocycles. The fourth-order valence-corrected chi connectivity index (χ4v) is 4.25. The number of carbonyl (C=O) groups is 1. The van der Waals surface area contributed by atoms with Gasteiger partial charge in [0.25, 0.3) is 0 Å². The molecule has 3 aromatic rings. The smallest absolute Gasteiger partial charge is 0.226 e. The van der Waals surface area contributed by atoms with Crippen LogP contribution in [-0.2, 0) is 17.9 Å². The summed E-state index contributed by atoms with van der Waals surface area (Å²) in [5.74, 6) is 0.642. The van der Waals surface area contributed by atoms with E-state index in [4.69, 9.17) is 4.52 Å². The standard InChI is InChI=1S/C25H27FN2O2/c1-17-7-12-23(18(2)13-17)24-14-22(27-30-24)16-28(25(29)20-5-3-4-6-20)15-19-8-10-21(26)11-9-19/h7-14,20H,3-6,15-16H2,1-2H3. The Bertz CT molecular complexity index is 1020. The molecule has 0 unspecified atom stereocenters. The van der Waals surface area contributed by atoms with Gasteiger partial charge in [-0.15, -0.1) is 0 Å². The SMILES string of the molecule is Cc1ccc(-c2cc(CN(Cc3ccc(F)cc3)C(=O)C3CCCC3)no2)c(C)c1. The van der Waals surface area contributed by atoms with Gasteiger partial charge in [-0.2, -0.15) is 0 Å². The predicted octanol–water partition coefficient (Wildman–Crippen LogP) is 5.82. The summed E-state index contributed by atoms with van der Waals surface area (Å²) in [4.78, 5) is 15.0. The van der Waals surface area contributed by atoms with Crippen molar-refractivity contribution in [1.82, 2.24) is 10.1 Å². The molecule has 156 valence electrons. The second-order valence-electron chi connectivity index (χ2n) is 8.30. The average Bonchev–Trinajstić information content (AvgIpc) is 3.41. The van der Waals surface area contributed by atoms with Gasteiger partial charge in [0.1, 0.15) is 11.5 Å². The lowest BCUT2D eigenvalue weighted by Crippen LogP contribution is -2.34. The summed E-state index contributed by atoms with van der Waals surface area (Å²) in [6, 6.07) is 14.4. The van der Waals surface area contributed by atoms with Crippen molar-refractivity contribution >= 4 is 5.91 Å². The van der Waals surface area contributed by atoms with Crippen molar-refractivity contribution in [1.29, 1.82) is 0 Å². The first-order valence-electron chi connectivity index (χ1n) is 10.6. The molecular weight excluding hydrogens is 379 g/mol. The molecule has 0 radical (unpaired) electrons. The third-order valence-electron chi connectivity index (χ3n) is 5.86. The number of halogens is 1. The van der Waals surface area contributed by atoms with Gasteiger partial charge in [0.05, 0.1) is 6.54 Å². The number of aromatic nitrogens is 1. The van der Waals surface area contributed by atoms with E-state index in [1.165, 1.54) is 17.7 Å². The molecule has 1 amide bonds. The predicted molar refractivity (Wildman–Crippen MR) is 114 cm³/mol. The highest BCUT2D eigenvalue weighted by Gasteiger charge is 2.28. The molecule has 2 aromatic carbocycles. The van der Waals surface area contributed by atoms with Crippen LogP contribution in [0.4, 0.5) is 4.39 Å². The van der Waals surface area contributed by atoms with Gasteiger partial charge in [0, 0.05) is 24.1 Å². The average molecular weight is 407 g/mol. The molecule has 1 aliphatic carbocycles. The fraction of sp³-hybridized carbons (Fsp3) is 0.360. The van der Waals surface area contributed by atoms with Crippen LogP contribution in [0.3, 0.4) is 0 Å². The van der Waals surface area contributed by atoms with Gasteiger partial charge in [0.15, 0.2) is 5.76 Å². The molecule has 1 fully saturated rings. The molecule has 5 heteroatoms. The van der Waals surface area contributed by atoms with Crippen LogP contribution in [0, 0.1) is 25.6 Å². The molecule has 0 spiro atoms. The Morgan fingerprint density at radius 2 is 1.80 bits per heavy atom. The van der Waals surface area contributed by atoms with E-state index in [1.807, 2.05) is 17.0 Å². The summed E-state index contributed by atoms with van der Waals surface area (Å²) in [7, 11) is 0. The van der Waals surface area contributed by atoms with E-state index in [1.54, 1.807) is 12.1 Å². The maximum absolute atomic E-state index is 13.3. The van der Waals surface area contributed by atoms with Crippen LogP contribution in [0.15, 0.2) is 53.1 Å². The van der Waals surface area contributed by atoms with Crippen LogP contribution >= 0.6 is 0 Å². The highest BCUT2D eigenvalue weighted by Crippen LogP contribution is 2.29. The van der Waals surface area contributed by atoms with E-state index in [0.29, 0.717) is 18.8 Å². The van der Waals surface area contributed by atoms with Crippen molar-refractivity contribution in [3.05, 3.63) is 76.7 Å². The van der Waals surface area contributed by atoms with Gasteiger partial charge < -0.3 is 9.42 Å². The van der Waals surface area contributed by atoms with Crippen molar-refractivity contribution in [3.63, 3.8) is 0 Å². The third kappa shape index (κ3) is 4.61. The molecule has 1 saturated carbocycles. The van der Waals surface area contributed by atoms with Crippen LogP contribution in [-0.4, -0.2) is 16.0 Å². The van der Waals surface area contributed by atoms with Crippen molar-refractivity contribution in [2.45, 2.75) is 52.6 Å². The number of carbonyl (C=O) groups excluding carboxylic acids is 1. The van der Waals surface area contributed by atoms with Crippen molar-refractivity contribution in [3.8, 4) is 11.3 Å². The van der Waals surface area contributed by atoms with Crippen LogP contribution < -0.4 is 0 Å². The van der Waals surface area contributed by atoms with E-state index in [2.05, 4.69) is 31.1 Å². The molecule has 0 atom stereocenters. The first-order valence-corrected chi connectivity index (χ1v) is 10.6. The topological polar surface area (TPSA) is 46.3 Å². The Labute approximate surface area is 176 Å². The maximum Gasteiger partial charge on any atom is 0.226 e. The van der Waals surface area contributed by atoms with Gasteiger partial charge in [0.2, 0.25) is 5.91 Å². The molecule has 4 nitrogen and oxygen atoms in total. The van der Waals surface area contributed by atoms with Gasteiger partial charge in [-0.05, 0) is 49.9 Å². The number of rotatable bonds is 6. The lowest BCUT2D eigenvalue weighted by Gasteiger charge is -2.25. The van der Waals surface area contributed by atoms with E-state index >= 15 is 0 Å². The minimum absolute atomic E-state index is 0.0659. The van der Waals surface area contributed by atoms with Crippen LogP contribution in [0.1, 0.15) is 48.1 Å². The van der Waals surface area contributed by atoms with Crippen molar-refractivity contribution in [2.24, 2.45) is 5.92 Å². The number of amides is 1. The summed E-state index contributed by atoms with van der Waals surface area (Å²) in [6.07, 6.45) is 4.07. The van der Waals surface area contributed by atoms with Crippen LogP contribution in [0.25, 0.3) is 11.3 Å². The molecule has 1 aromatic heterocycles. The molecule has 30 heavy (non-hydrogen) atoms. The van der Waals surface area contributed by atoms with Crippen LogP contribution in [0.5, 0.6) is 0 Å². The minimum Gasteiger partial charge on any atom is -0.356 e. The normalized spacial score (nSPS) is 14.2. The number of hydrogen-bond donors (Lipinski definition) is 0. The highest BCUT2D eigenvalue weighted by molar-refractivity contribution is 5.79. The van der Waals surface area contributed by atoms with E-state index in [-0.39, 0.29) is 17.6 Å². The first-order chi connectivity index (χ1) is 14.5. The summed E-state index contributed by atoms with van der Waals surface area (Å²) in [5, 5.41) is 4.23. The summed E-state index contributed by atoms with van der Waals surface area (Å²) >= 11 is 0. The third-order valence-corrected chi connectivity index (χ3v) is 5.86. The Morgan fingerprint density at radius 3 is 2.50 bits per heavy atom. The quantitative estimate of drug-likeness (QED) is 0.518. The van der Waals surface area contributed by atoms with E-state index in [9.17, 15) is 9.18 Å². The highest BCUT2D eigenvalue weighted by atomic mass is 19.1. The minimum atomic E-state index is -0.276. The monoisotopic (exact) mass is 406 g/mol. The van der Waals surface area contributed by atoms with E-state index in [0.717, 1.165) is 48.1 Å². The Kier molecular flexibility index (Phi) is 5.98. The largest absolute Gasteiger partial charge is 0.356 e. The second-order valence-corrected chi connectivity index (χ2v) is 8.30. The van der Waals surface area contributed by atoms with E-state index < -0.39 is 0 Å². The van der Waals surface area contributed by atoms with Gasteiger partial charge in [-0.3, -0.25) is 4.79 Å². The molecule has 1 aliphatic rings. The summed E-state index contributed by atoms with van der Waals surface area (Å²) in [6.45, 7) is 4.92. The van der Waals surface area contributed by atoms with Crippen molar-refractivity contribution < 1.29 is 13.7 Å². The molecule has 4 rings (SSSR count). The fourth-order valence-electron chi connectivity index (χ4n) is 4.25. The molecule has 0 bridgehead atoms. The lowest BCUT2D eigenvalue weighted by atomic mass is 10.0. The lowest BCUT2D eigenvalue weighted by molar-refractivity contribution is -0.136. The van der Waals surface area contributed by atoms with Gasteiger partial charge in [-0.25, -0.2) is 4.39 Å². The first kappa shape index (κ1) is 20.3. The molecule has 1 heterocycles. The Balaban J connectivity index is 1.55. The number of aryl methyl sites for hydroxylation is 2. The zero-order valence-corrected chi connectivity index (χ0v) is 17.5. The zero-order chi connectivity index (χ0) is 21.1. The zero-order valence-electron chi connectivity index (χ0n) is 17.5. The Hall–Kier alpha value is -2.95. The van der Waals surface area contributed by atoms with Gasteiger partial charge >= 0.3 is 0 Å². The van der Waals surface area contributed by atoms with Crippen LogP contribution in [0.2, 0.25) is 0 Å². The second kappa shape index (κ2) is 8.82. The molecular formula is C25H27FN2O2. The van der Waals surface area contributed by atoms with Crippen molar-refractivity contribution in [2.75, 3.05) is 0 Å². The number of hydrogen-bond acceptors (Lipinski definition) is 3. The number of benzene rings is 2. The number of nitrogens with zero attached hydrogens (tertiary/aromatic N) is 2.